The summed E-state index contributed by atoms with van der Waals surface area (Å²) < 4.78 is 0. The zero-order valence-electron chi connectivity index (χ0n) is 18.6. The van der Waals surface area contributed by atoms with Gasteiger partial charge in [0.15, 0.2) is 5.13 Å². The molecule has 0 unspecified atom stereocenters. The lowest BCUT2D eigenvalue weighted by molar-refractivity contribution is -0.113. The molecule has 0 fully saturated rings. The third-order valence-electron chi connectivity index (χ3n) is 4.96. The molecule has 4 rings (SSSR count). The number of nitrogens with zero attached hydrogens (tertiary/aromatic N) is 1. The second-order valence-corrected chi connectivity index (χ2v) is 9.48. The van der Waals surface area contributed by atoms with Gasteiger partial charge in [-0.3, -0.25) is 9.59 Å². The number of aromatic carboxylic acids is 1. The summed E-state index contributed by atoms with van der Waals surface area (Å²) in [4.78, 5) is 41.7. The number of hydrogen-bond acceptors (Lipinski definition) is 6. The molecule has 0 radical (unpaired) electrons. The molecule has 0 aliphatic rings. The topological polar surface area (TPSA) is 108 Å². The first-order valence-electron chi connectivity index (χ1n) is 10.6. The fraction of sp³-hybridized carbons (Fsp3) is 0.0769. The second-order valence-electron chi connectivity index (χ2n) is 7.57. The van der Waals surface area contributed by atoms with Crippen LogP contribution < -0.4 is 10.6 Å². The lowest BCUT2D eigenvalue weighted by Gasteiger charge is -2.09. The molecule has 3 aromatic carbocycles. The van der Waals surface area contributed by atoms with E-state index >= 15 is 0 Å². The van der Waals surface area contributed by atoms with Crippen LogP contribution in [0.4, 0.5) is 10.8 Å². The first kappa shape index (κ1) is 24.2. The van der Waals surface area contributed by atoms with Gasteiger partial charge >= 0.3 is 5.97 Å². The van der Waals surface area contributed by atoms with E-state index in [1.165, 1.54) is 40.8 Å². The molecule has 9 heteroatoms. The number of rotatable bonds is 8. The molecule has 2 amide bonds. The molecule has 1 aromatic heterocycles. The molecule has 1 heterocycles. The van der Waals surface area contributed by atoms with E-state index in [-0.39, 0.29) is 22.8 Å². The van der Waals surface area contributed by atoms with Gasteiger partial charge in [0.05, 0.1) is 22.6 Å². The molecule has 0 atom stereocenters. The van der Waals surface area contributed by atoms with Crippen LogP contribution in [0, 0.1) is 6.92 Å². The molecule has 3 N–H and O–H groups in total. The van der Waals surface area contributed by atoms with Crippen molar-refractivity contribution in [2.45, 2.75) is 11.8 Å². The average Bonchev–Trinajstić information content (AvgIpc) is 3.31. The Morgan fingerprint density at radius 1 is 0.943 bits per heavy atom. The van der Waals surface area contributed by atoms with Crippen LogP contribution in [0.15, 0.2) is 83.1 Å². The number of carbonyl (C=O) groups excluding carboxylic acids is 2. The van der Waals surface area contributed by atoms with Gasteiger partial charge in [0.2, 0.25) is 5.91 Å². The van der Waals surface area contributed by atoms with Gasteiger partial charge in [-0.05, 0) is 37.3 Å². The van der Waals surface area contributed by atoms with E-state index in [1.807, 2.05) is 42.6 Å². The van der Waals surface area contributed by atoms with Gasteiger partial charge in [0.1, 0.15) is 0 Å². The van der Waals surface area contributed by atoms with E-state index in [9.17, 15) is 19.5 Å². The minimum atomic E-state index is -1.17. The summed E-state index contributed by atoms with van der Waals surface area (Å²) in [5.74, 6) is -1.71. The number of thiazole rings is 1. The number of anilines is 2. The Hall–Kier alpha value is -3.95. The zero-order chi connectivity index (χ0) is 24.8. The molecule has 0 spiro atoms. The van der Waals surface area contributed by atoms with Crippen LogP contribution in [0.25, 0.3) is 11.3 Å². The Bertz CT molecular complexity index is 1380. The van der Waals surface area contributed by atoms with E-state index in [1.54, 1.807) is 30.3 Å². The number of aryl methyl sites for hydroxylation is 1. The van der Waals surface area contributed by atoms with E-state index in [2.05, 4.69) is 15.6 Å². The lowest BCUT2D eigenvalue weighted by Crippen LogP contribution is -2.16. The summed E-state index contributed by atoms with van der Waals surface area (Å²) in [5, 5.41) is 17.3. The van der Waals surface area contributed by atoms with Crippen LogP contribution in [0.2, 0.25) is 0 Å². The lowest BCUT2D eigenvalue weighted by atomic mass is 10.1. The Labute approximate surface area is 210 Å². The maximum absolute atomic E-state index is 12.6. The van der Waals surface area contributed by atoms with Gasteiger partial charge in [-0.1, -0.05) is 48.0 Å². The number of thioether (sulfide) groups is 1. The van der Waals surface area contributed by atoms with Crippen molar-refractivity contribution in [3.8, 4) is 11.3 Å². The third kappa shape index (κ3) is 6.34. The predicted octanol–water partition coefficient (Wildman–Crippen LogP) is 5.80. The SMILES string of the molecule is Cc1ccc(-c2csc(NC(=O)CSc3cccc(NC(=O)c4ccccc4C(=O)O)c3)n2)cc1. The van der Waals surface area contributed by atoms with E-state index in [0.717, 1.165) is 16.2 Å². The Morgan fingerprint density at radius 2 is 1.69 bits per heavy atom. The molecule has 176 valence electrons. The van der Waals surface area contributed by atoms with Crippen molar-refractivity contribution in [1.29, 1.82) is 0 Å². The van der Waals surface area contributed by atoms with Crippen LogP contribution in [0.5, 0.6) is 0 Å². The van der Waals surface area contributed by atoms with Crippen molar-refractivity contribution in [1.82, 2.24) is 4.98 Å². The van der Waals surface area contributed by atoms with E-state index < -0.39 is 11.9 Å². The van der Waals surface area contributed by atoms with Gasteiger partial charge in [0, 0.05) is 21.5 Å². The van der Waals surface area contributed by atoms with Crippen molar-refractivity contribution in [3.63, 3.8) is 0 Å². The highest BCUT2D eigenvalue weighted by Gasteiger charge is 2.16. The Balaban J connectivity index is 1.34. The number of benzene rings is 3. The van der Waals surface area contributed by atoms with Crippen molar-refractivity contribution >= 4 is 51.7 Å². The highest BCUT2D eigenvalue weighted by Crippen LogP contribution is 2.26. The highest BCUT2D eigenvalue weighted by molar-refractivity contribution is 8.00. The number of carboxylic acids is 1. The summed E-state index contributed by atoms with van der Waals surface area (Å²) >= 11 is 2.68. The molecule has 35 heavy (non-hydrogen) atoms. The maximum Gasteiger partial charge on any atom is 0.336 e. The molecule has 4 aromatic rings. The summed E-state index contributed by atoms with van der Waals surface area (Å²) in [6.45, 7) is 2.02. The normalized spacial score (nSPS) is 10.5. The van der Waals surface area contributed by atoms with Gasteiger partial charge in [-0.25, -0.2) is 9.78 Å². The fourth-order valence-corrected chi connectivity index (χ4v) is 4.71. The average molecular weight is 504 g/mol. The molecule has 0 aliphatic heterocycles. The van der Waals surface area contributed by atoms with E-state index in [0.29, 0.717) is 10.8 Å². The summed E-state index contributed by atoms with van der Waals surface area (Å²) in [7, 11) is 0. The van der Waals surface area contributed by atoms with Gasteiger partial charge in [-0.15, -0.1) is 23.1 Å². The minimum absolute atomic E-state index is 0.0695. The summed E-state index contributed by atoms with van der Waals surface area (Å²) in [6.07, 6.45) is 0. The quantitative estimate of drug-likeness (QED) is 0.262. The van der Waals surface area contributed by atoms with Crippen LogP contribution in [0.3, 0.4) is 0 Å². The van der Waals surface area contributed by atoms with Gasteiger partial charge in [-0.2, -0.15) is 0 Å². The number of aromatic nitrogens is 1. The minimum Gasteiger partial charge on any atom is -0.478 e. The number of carboxylic acid groups (broad SMARTS) is 1. The number of carbonyl (C=O) groups is 3. The van der Waals surface area contributed by atoms with Crippen LogP contribution in [-0.2, 0) is 4.79 Å². The number of nitrogens with one attached hydrogen (secondary N) is 2. The summed E-state index contributed by atoms with van der Waals surface area (Å²) in [5.41, 5.74) is 3.48. The second kappa shape index (κ2) is 11.0. The number of amides is 2. The van der Waals surface area contributed by atoms with E-state index in [4.69, 9.17) is 0 Å². The first-order valence-corrected chi connectivity index (χ1v) is 12.4. The van der Waals surface area contributed by atoms with Crippen molar-refractivity contribution in [3.05, 3.63) is 94.9 Å². The van der Waals surface area contributed by atoms with Crippen LogP contribution in [0.1, 0.15) is 26.3 Å². The molecular formula is C26H21N3O4S2. The third-order valence-corrected chi connectivity index (χ3v) is 6.71. The summed E-state index contributed by atoms with van der Waals surface area (Å²) in [6, 6.07) is 21.1. The maximum atomic E-state index is 12.6. The molecule has 0 bridgehead atoms. The smallest absolute Gasteiger partial charge is 0.336 e. The van der Waals surface area contributed by atoms with Gasteiger partial charge in [0.25, 0.3) is 5.91 Å². The Kier molecular flexibility index (Phi) is 7.59. The monoisotopic (exact) mass is 503 g/mol. The highest BCUT2D eigenvalue weighted by atomic mass is 32.2. The number of hydrogen-bond donors (Lipinski definition) is 3. The fourth-order valence-electron chi connectivity index (χ4n) is 3.22. The molecule has 0 saturated carbocycles. The molecule has 7 nitrogen and oxygen atoms in total. The standard InChI is InChI=1S/C26H21N3O4S2/c1-16-9-11-17(12-10-16)22-14-35-26(28-22)29-23(30)15-34-19-6-4-5-18(13-19)27-24(31)20-7-2-3-8-21(20)25(32)33/h2-14H,15H2,1H3,(H,27,31)(H,32,33)(H,28,29,30). The van der Waals surface area contributed by atoms with Crippen molar-refractivity contribution in [2.75, 3.05) is 16.4 Å². The van der Waals surface area contributed by atoms with Crippen molar-refractivity contribution in [2.24, 2.45) is 0 Å². The van der Waals surface area contributed by atoms with Crippen LogP contribution in [-0.4, -0.2) is 33.6 Å². The zero-order valence-corrected chi connectivity index (χ0v) is 20.3. The Morgan fingerprint density at radius 3 is 2.43 bits per heavy atom. The largest absolute Gasteiger partial charge is 0.478 e. The van der Waals surface area contributed by atoms with Gasteiger partial charge < -0.3 is 15.7 Å². The predicted molar refractivity (Wildman–Crippen MR) is 139 cm³/mol. The van der Waals surface area contributed by atoms with Crippen molar-refractivity contribution < 1.29 is 19.5 Å². The molecular weight excluding hydrogens is 482 g/mol. The van der Waals surface area contributed by atoms with Crippen LogP contribution >= 0.6 is 23.1 Å². The first-order chi connectivity index (χ1) is 16.9. The molecule has 0 saturated heterocycles. The molecule has 0 aliphatic carbocycles.